The van der Waals surface area contributed by atoms with Crippen LogP contribution in [0.15, 0.2) is 24.4 Å². The lowest BCUT2D eigenvalue weighted by Crippen LogP contribution is -2.37. The zero-order valence-corrected chi connectivity index (χ0v) is 11.6. The van der Waals surface area contributed by atoms with E-state index in [-0.39, 0.29) is 0 Å². The number of thiocarbonyl (C=S) groups is 1. The molecule has 2 N–H and O–H groups in total. The van der Waals surface area contributed by atoms with Gasteiger partial charge in [-0.25, -0.2) is 0 Å². The van der Waals surface area contributed by atoms with Crippen LogP contribution in [0.5, 0.6) is 0 Å². The summed E-state index contributed by atoms with van der Waals surface area (Å²) < 4.78 is 5.24. The first-order chi connectivity index (χ1) is 8.83. The number of ether oxygens (including phenoxy) is 1. The van der Waals surface area contributed by atoms with Crippen LogP contribution in [0.3, 0.4) is 0 Å². The molecule has 0 saturated heterocycles. The van der Waals surface area contributed by atoms with Crippen molar-refractivity contribution >= 4 is 17.3 Å². The van der Waals surface area contributed by atoms with Crippen LogP contribution in [0.1, 0.15) is 19.0 Å². The average molecular weight is 267 g/mol. The van der Waals surface area contributed by atoms with E-state index in [4.69, 9.17) is 17.0 Å². The van der Waals surface area contributed by atoms with Gasteiger partial charge in [-0.15, -0.1) is 0 Å². The van der Waals surface area contributed by atoms with Crippen molar-refractivity contribution in [2.75, 3.05) is 26.3 Å². The summed E-state index contributed by atoms with van der Waals surface area (Å²) in [6.07, 6.45) is 3.65. The maximum absolute atomic E-state index is 5.24. The van der Waals surface area contributed by atoms with Crippen molar-refractivity contribution in [1.29, 1.82) is 0 Å². The predicted molar refractivity (Wildman–Crippen MR) is 77.7 cm³/mol. The van der Waals surface area contributed by atoms with Crippen molar-refractivity contribution in [1.82, 2.24) is 15.6 Å². The molecule has 0 atom stereocenters. The largest absolute Gasteiger partial charge is 0.382 e. The SMILES string of the molecule is CCOCCCNC(=S)NCCc1ccccn1. The molecule has 0 bridgehead atoms. The van der Waals surface area contributed by atoms with E-state index in [0.29, 0.717) is 5.11 Å². The Kier molecular flexibility index (Phi) is 8.08. The van der Waals surface area contributed by atoms with E-state index >= 15 is 0 Å². The highest BCUT2D eigenvalue weighted by Gasteiger charge is 1.96. The zero-order chi connectivity index (χ0) is 13.1. The molecule has 0 aliphatic rings. The number of hydrogen-bond acceptors (Lipinski definition) is 3. The fraction of sp³-hybridized carbons (Fsp3) is 0.538. The third-order valence-electron chi connectivity index (χ3n) is 2.35. The molecule has 0 spiro atoms. The van der Waals surface area contributed by atoms with Crippen molar-refractivity contribution in [3.63, 3.8) is 0 Å². The van der Waals surface area contributed by atoms with E-state index in [1.165, 1.54) is 0 Å². The van der Waals surface area contributed by atoms with Crippen LogP contribution in [-0.4, -0.2) is 36.4 Å². The van der Waals surface area contributed by atoms with Gasteiger partial charge in [-0.3, -0.25) is 4.98 Å². The molecule has 1 rings (SSSR count). The Labute approximate surface area is 114 Å². The molecule has 0 amide bonds. The van der Waals surface area contributed by atoms with Crippen molar-refractivity contribution in [2.45, 2.75) is 19.8 Å². The second-order valence-corrected chi connectivity index (χ2v) is 4.21. The van der Waals surface area contributed by atoms with Crippen molar-refractivity contribution in [3.05, 3.63) is 30.1 Å². The summed E-state index contributed by atoms with van der Waals surface area (Å²) in [4.78, 5) is 4.25. The summed E-state index contributed by atoms with van der Waals surface area (Å²) >= 11 is 5.16. The maximum atomic E-state index is 5.24. The number of rotatable bonds is 8. The van der Waals surface area contributed by atoms with E-state index in [0.717, 1.165) is 44.8 Å². The summed E-state index contributed by atoms with van der Waals surface area (Å²) in [7, 11) is 0. The van der Waals surface area contributed by atoms with Crippen LogP contribution in [-0.2, 0) is 11.2 Å². The van der Waals surface area contributed by atoms with Crippen LogP contribution in [0.2, 0.25) is 0 Å². The zero-order valence-electron chi connectivity index (χ0n) is 10.8. The number of hydrogen-bond donors (Lipinski definition) is 2. The van der Waals surface area contributed by atoms with Crippen molar-refractivity contribution in [3.8, 4) is 0 Å². The Morgan fingerprint density at radius 1 is 1.33 bits per heavy atom. The molecule has 0 aliphatic heterocycles. The lowest BCUT2D eigenvalue weighted by Gasteiger charge is -2.10. The summed E-state index contributed by atoms with van der Waals surface area (Å²) in [6, 6.07) is 5.92. The van der Waals surface area contributed by atoms with Crippen LogP contribution < -0.4 is 10.6 Å². The van der Waals surface area contributed by atoms with Gasteiger partial charge in [0.25, 0.3) is 0 Å². The molecule has 1 aromatic rings. The normalized spacial score (nSPS) is 10.1. The summed E-state index contributed by atoms with van der Waals surface area (Å²) in [5, 5.41) is 7.01. The Balaban J connectivity index is 2.00. The minimum absolute atomic E-state index is 0.697. The first kappa shape index (κ1) is 14.9. The molecular formula is C13H21N3OS. The molecule has 5 heteroatoms. The molecule has 0 aliphatic carbocycles. The van der Waals surface area contributed by atoms with Gasteiger partial charge in [-0.1, -0.05) is 6.07 Å². The topological polar surface area (TPSA) is 46.2 Å². The second-order valence-electron chi connectivity index (χ2n) is 3.80. The third kappa shape index (κ3) is 7.19. The highest BCUT2D eigenvalue weighted by molar-refractivity contribution is 7.80. The summed E-state index contributed by atoms with van der Waals surface area (Å²) in [6.45, 7) is 5.19. The van der Waals surface area contributed by atoms with Gasteiger partial charge in [-0.05, 0) is 37.7 Å². The lowest BCUT2D eigenvalue weighted by atomic mass is 10.3. The molecule has 0 fully saturated rings. The fourth-order valence-corrected chi connectivity index (χ4v) is 1.64. The van der Waals surface area contributed by atoms with Gasteiger partial charge in [0, 0.05) is 44.6 Å². The van der Waals surface area contributed by atoms with Crippen LogP contribution in [0.4, 0.5) is 0 Å². The van der Waals surface area contributed by atoms with E-state index in [1.807, 2.05) is 25.1 Å². The third-order valence-corrected chi connectivity index (χ3v) is 2.64. The minimum Gasteiger partial charge on any atom is -0.382 e. The number of pyridine rings is 1. The number of nitrogens with one attached hydrogen (secondary N) is 2. The first-order valence-corrected chi connectivity index (χ1v) is 6.73. The maximum Gasteiger partial charge on any atom is 0.166 e. The molecule has 1 heterocycles. The molecule has 4 nitrogen and oxygen atoms in total. The van der Waals surface area contributed by atoms with Gasteiger partial charge in [0.15, 0.2) is 5.11 Å². The number of nitrogens with zero attached hydrogens (tertiary/aromatic N) is 1. The average Bonchev–Trinajstić information content (AvgIpc) is 2.40. The molecule has 18 heavy (non-hydrogen) atoms. The minimum atomic E-state index is 0.697. The van der Waals surface area contributed by atoms with Crippen LogP contribution in [0.25, 0.3) is 0 Å². The van der Waals surface area contributed by atoms with Gasteiger partial charge in [0.05, 0.1) is 0 Å². The summed E-state index contributed by atoms with van der Waals surface area (Å²) in [5.41, 5.74) is 1.07. The Morgan fingerprint density at radius 2 is 2.17 bits per heavy atom. The van der Waals surface area contributed by atoms with Crippen molar-refractivity contribution < 1.29 is 4.74 Å². The number of aromatic nitrogens is 1. The molecule has 1 aromatic heterocycles. The first-order valence-electron chi connectivity index (χ1n) is 6.32. The molecule has 0 saturated carbocycles. The smallest absolute Gasteiger partial charge is 0.166 e. The molecular weight excluding hydrogens is 246 g/mol. The van der Waals surface area contributed by atoms with Crippen LogP contribution in [0, 0.1) is 0 Å². The highest BCUT2D eigenvalue weighted by Crippen LogP contribution is 1.92. The Bertz CT molecular complexity index is 332. The predicted octanol–water partition coefficient (Wildman–Crippen LogP) is 1.51. The molecule has 0 unspecified atom stereocenters. The lowest BCUT2D eigenvalue weighted by molar-refractivity contribution is 0.145. The van der Waals surface area contributed by atoms with E-state index < -0.39 is 0 Å². The van der Waals surface area contributed by atoms with Gasteiger partial charge < -0.3 is 15.4 Å². The Hall–Kier alpha value is -1.20. The van der Waals surface area contributed by atoms with E-state index in [9.17, 15) is 0 Å². The fourth-order valence-electron chi connectivity index (χ4n) is 1.43. The monoisotopic (exact) mass is 267 g/mol. The van der Waals surface area contributed by atoms with Gasteiger partial charge in [0.2, 0.25) is 0 Å². The molecule has 100 valence electrons. The quantitative estimate of drug-likeness (QED) is 0.552. The second kappa shape index (κ2) is 9.79. The standard InChI is InChI=1S/C13H21N3OS/c1-2-17-11-5-9-15-13(18)16-10-7-12-6-3-4-8-14-12/h3-4,6,8H,2,5,7,9-11H2,1H3,(H2,15,16,18). The van der Waals surface area contributed by atoms with E-state index in [1.54, 1.807) is 6.20 Å². The van der Waals surface area contributed by atoms with Gasteiger partial charge in [0.1, 0.15) is 0 Å². The highest BCUT2D eigenvalue weighted by atomic mass is 32.1. The van der Waals surface area contributed by atoms with Gasteiger partial charge in [-0.2, -0.15) is 0 Å². The van der Waals surface area contributed by atoms with Crippen molar-refractivity contribution in [2.24, 2.45) is 0 Å². The van der Waals surface area contributed by atoms with Gasteiger partial charge >= 0.3 is 0 Å². The molecule has 0 radical (unpaired) electrons. The Morgan fingerprint density at radius 3 is 2.89 bits per heavy atom. The van der Waals surface area contributed by atoms with Crippen LogP contribution >= 0.6 is 12.2 Å². The van der Waals surface area contributed by atoms with E-state index in [2.05, 4.69) is 15.6 Å². The summed E-state index contributed by atoms with van der Waals surface area (Å²) in [5.74, 6) is 0. The molecule has 0 aromatic carbocycles.